The highest BCUT2D eigenvalue weighted by atomic mass is 35.5. The number of pyridine rings is 1. The van der Waals surface area contributed by atoms with E-state index in [2.05, 4.69) is 10.3 Å². The normalized spacial score (nSPS) is 12.7. The van der Waals surface area contributed by atoms with Gasteiger partial charge in [0.15, 0.2) is 0 Å². The van der Waals surface area contributed by atoms with E-state index in [0.717, 1.165) is 0 Å². The number of nitrogens with zero attached hydrogens (tertiary/aromatic N) is 1. The van der Waals surface area contributed by atoms with Gasteiger partial charge in [0.1, 0.15) is 23.1 Å². The number of halogens is 1. The number of rotatable bonds is 4. The first-order valence-electron chi connectivity index (χ1n) is 6.00. The lowest BCUT2D eigenvalue weighted by molar-refractivity contribution is 0.0494. The number of aromatic nitrogens is 1. The Kier molecular flexibility index (Phi) is 5.42. The predicted octanol–water partition coefficient (Wildman–Crippen LogP) is 3.03. The highest BCUT2D eigenvalue weighted by Crippen LogP contribution is 2.12. The Hall–Kier alpha value is -1.49. The van der Waals surface area contributed by atoms with Crippen molar-refractivity contribution in [1.29, 1.82) is 0 Å². The number of nitrogens with one attached hydrogen (secondary N) is 1. The summed E-state index contributed by atoms with van der Waals surface area (Å²) in [7, 11) is 0. The minimum atomic E-state index is -0.509. The highest BCUT2D eigenvalue weighted by molar-refractivity contribution is 6.29. The molecule has 1 heterocycles. The number of carbonyl (C=O) groups excluding carboxylic acids is 1. The van der Waals surface area contributed by atoms with Crippen LogP contribution >= 0.6 is 11.6 Å². The van der Waals surface area contributed by atoms with Gasteiger partial charge in [-0.05, 0) is 39.8 Å². The number of hydrogen-bond donors (Lipinski definition) is 1. The second kappa shape index (κ2) is 6.61. The van der Waals surface area contributed by atoms with Gasteiger partial charge in [0, 0.05) is 0 Å². The van der Waals surface area contributed by atoms with Crippen LogP contribution in [0.2, 0.25) is 5.15 Å². The third-order valence-electron chi connectivity index (χ3n) is 1.96. The summed E-state index contributed by atoms with van der Waals surface area (Å²) in [4.78, 5) is 15.4. The summed E-state index contributed by atoms with van der Waals surface area (Å²) in [6.45, 7) is 7.59. The number of carbonyl (C=O) groups is 1. The molecule has 6 heteroatoms. The van der Waals surface area contributed by atoms with Gasteiger partial charge in [0.25, 0.3) is 0 Å². The van der Waals surface area contributed by atoms with Crippen molar-refractivity contribution in [3.63, 3.8) is 0 Å². The van der Waals surface area contributed by atoms with E-state index in [1.165, 1.54) is 6.20 Å². The highest BCUT2D eigenvalue weighted by Gasteiger charge is 2.17. The molecular weight excluding hydrogens is 268 g/mol. The van der Waals surface area contributed by atoms with Crippen molar-refractivity contribution in [2.75, 3.05) is 6.61 Å². The number of amides is 1. The Morgan fingerprint density at radius 2 is 2.16 bits per heavy atom. The van der Waals surface area contributed by atoms with Crippen LogP contribution in [0.4, 0.5) is 4.79 Å². The van der Waals surface area contributed by atoms with E-state index in [9.17, 15) is 4.79 Å². The van der Waals surface area contributed by atoms with E-state index in [1.54, 1.807) is 12.1 Å². The van der Waals surface area contributed by atoms with Crippen LogP contribution in [0.3, 0.4) is 0 Å². The topological polar surface area (TPSA) is 60.5 Å². The van der Waals surface area contributed by atoms with Gasteiger partial charge < -0.3 is 14.8 Å². The van der Waals surface area contributed by atoms with Crippen molar-refractivity contribution in [3.8, 4) is 5.75 Å². The zero-order valence-electron chi connectivity index (χ0n) is 11.6. The maximum absolute atomic E-state index is 11.5. The van der Waals surface area contributed by atoms with Crippen LogP contribution in [-0.2, 0) is 4.74 Å². The second-order valence-corrected chi connectivity index (χ2v) is 5.56. The minimum absolute atomic E-state index is 0.175. The van der Waals surface area contributed by atoms with Gasteiger partial charge >= 0.3 is 6.09 Å². The third-order valence-corrected chi connectivity index (χ3v) is 2.19. The van der Waals surface area contributed by atoms with Crippen molar-refractivity contribution in [2.45, 2.75) is 39.3 Å². The fraction of sp³-hybridized carbons (Fsp3) is 0.538. The second-order valence-electron chi connectivity index (χ2n) is 5.17. The first-order chi connectivity index (χ1) is 8.76. The van der Waals surface area contributed by atoms with Crippen molar-refractivity contribution in [2.24, 2.45) is 0 Å². The minimum Gasteiger partial charge on any atom is -0.490 e. The first-order valence-corrected chi connectivity index (χ1v) is 6.38. The van der Waals surface area contributed by atoms with Crippen LogP contribution in [0.5, 0.6) is 5.75 Å². The molecule has 0 saturated heterocycles. The average molecular weight is 287 g/mol. The molecule has 1 atom stereocenters. The molecule has 0 bridgehead atoms. The lowest BCUT2D eigenvalue weighted by Gasteiger charge is -2.22. The molecule has 1 rings (SSSR count). The molecule has 1 aromatic rings. The summed E-state index contributed by atoms with van der Waals surface area (Å²) in [5, 5.41) is 3.09. The lowest BCUT2D eigenvalue weighted by atomic mass is 10.2. The SMILES string of the molecule is C[C@@H](COc1ccc(Cl)nc1)NC(=O)OC(C)(C)C. The molecule has 1 aromatic heterocycles. The largest absolute Gasteiger partial charge is 0.490 e. The summed E-state index contributed by atoms with van der Waals surface area (Å²) < 4.78 is 10.6. The van der Waals surface area contributed by atoms with Crippen LogP contribution in [0.1, 0.15) is 27.7 Å². The molecule has 106 valence electrons. The molecule has 0 aliphatic heterocycles. The molecule has 5 nitrogen and oxygen atoms in total. The van der Waals surface area contributed by atoms with Crippen LogP contribution < -0.4 is 10.1 Å². The number of ether oxygens (including phenoxy) is 2. The molecule has 0 saturated carbocycles. The van der Waals surface area contributed by atoms with Gasteiger partial charge in [-0.2, -0.15) is 0 Å². The van der Waals surface area contributed by atoms with Gasteiger partial charge in [-0.25, -0.2) is 9.78 Å². The maximum Gasteiger partial charge on any atom is 0.407 e. The number of alkyl carbamates (subject to hydrolysis) is 1. The quantitative estimate of drug-likeness (QED) is 0.864. The van der Waals surface area contributed by atoms with E-state index in [0.29, 0.717) is 17.5 Å². The van der Waals surface area contributed by atoms with Crippen LogP contribution in [0.25, 0.3) is 0 Å². The van der Waals surface area contributed by atoms with Crippen molar-refractivity contribution < 1.29 is 14.3 Å². The Balaban J connectivity index is 2.33. The molecule has 0 aliphatic carbocycles. The van der Waals surface area contributed by atoms with Gasteiger partial charge in [-0.3, -0.25) is 0 Å². The molecule has 0 radical (unpaired) electrons. The smallest absolute Gasteiger partial charge is 0.407 e. The average Bonchev–Trinajstić information content (AvgIpc) is 2.25. The molecule has 0 spiro atoms. The summed E-state index contributed by atoms with van der Waals surface area (Å²) in [6.07, 6.45) is 1.07. The molecule has 1 amide bonds. The predicted molar refractivity (Wildman–Crippen MR) is 73.6 cm³/mol. The zero-order valence-corrected chi connectivity index (χ0v) is 12.3. The van der Waals surface area contributed by atoms with Gasteiger partial charge in [0.2, 0.25) is 0 Å². The third kappa shape index (κ3) is 6.86. The zero-order chi connectivity index (χ0) is 14.5. The Labute approximate surface area is 118 Å². The fourth-order valence-electron chi connectivity index (χ4n) is 1.22. The Morgan fingerprint density at radius 1 is 1.47 bits per heavy atom. The Morgan fingerprint density at radius 3 is 2.68 bits per heavy atom. The molecule has 0 aliphatic rings. The summed E-state index contributed by atoms with van der Waals surface area (Å²) >= 11 is 5.66. The van der Waals surface area contributed by atoms with E-state index in [-0.39, 0.29) is 6.04 Å². The van der Waals surface area contributed by atoms with Crippen molar-refractivity contribution >= 4 is 17.7 Å². The van der Waals surface area contributed by atoms with Crippen LogP contribution in [0, 0.1) is 0 Å². The van der Waals surface area contributed by atoms with Gasteiger partial charge in [-0.1, -0.05) is 11.6 Å². The lowest BCUT2D eigenvalue weighted by Crippen LogP contribution is -2.40. The molecule has 19 heavy (non-hydrogen) atoms. The summed E-state index contributed by atoms with van der Waals surface area (Å²) in [5.41, 5.74) is -0.509. The first kappa shape index (κ1) is 15.6. The van der Waals surface area contributed by atoms with Crippen molar-refractivity contribution in [1.82, 2.24) is 10.3 Å². The van der Waals surface area contributed by atoms with Crippen LogP contribution in [-0.4, -0.2) is 29.3 Å². The van der Waals surface area contributed by atoms with Gasteiger partial charge in [0.05, 0.1) is 12.2 Å². The monoisotopic (exact) mass is 286 g/mol. The molecule has 0 fully saturated rings. The molecule has 0 unspecified atom stereocenters. The van der Waals surface area contributed by atoms with Crippen LogP contribution in [0.15, 0.2) is 18.3 Å². The fourth-order valence-corrected chi connectivity index (χ4v) is 1.33. The summed E-state index contributed by atoms with van der Waals surface area (Å²) in [6, 6.07) is 3.18. The summed E-state index contributed by atoms with van der Waals surface area (Å²) in [5.74, 6) is 0.599. The molecular formula is C13H19ClN2O3. The van der Waals surface area contributed by atoms with E-state index >= 15 is 0 Å². The van der Waals surface area contributed by atoms with Crippen molar-refractivity contribution in [3.05, 3.63) is 23.5 Å². The van der Waals surface area contributed by atoms with Gasteiger partial charge in [-0.15, -0.1) is 0 Å². The Bertz CT molecular complexity index is 415. The van der Waals surface area contributed by atoms with E-state index < -0.39 is 11.7 Å². The molecule has 0 aromatic carbocycles. The molecule has 1 N–H and O–H groups in total. The van der Waals surface area contributed by atoms with E-state index in [1.807, 2.05) is 27.7 Å². The number of hydrogen-bond acceptors (Lipinski definition) is 4. The standard InChI is InChI=1S/C13H19ClN2O3/c1-9(16-12(17)19-13(2,3)4)8-18-10-5-6-11(14)15-7-10/h5-7,9H,8H2,1-4H3,(H,16,17)/t9-/m0/s1. The van der Waals surface area contributed by atoms with E-state index in [4.69, 9.17) is 21.1 Å². The maximum atomic E-state index is 11.5.